The maximum absolute atomic E-state index is 12.2. The van der Waals surface area contributed by atoms with Crippen LogP contribution in [0.2, 0.25) is 0 Å². The van der Waals surface area contributed by atoms with Crippen molar-refractivity contribution in [2.24, 2.45) is 0 Å². The minimum absolute atomic E-state index is 0.0266. The predicted molar refractivity (Wildman–Crippen MR) is 31.5 cm³/mol. The van der Waals surface area contributed by atoms with E-state index in [1.54, 1.807) is 0 Å². The molecule has 0 bridgehead atoms. The van der Waals surface area contributed by atoms with Crippen molar-refractivity contribution in [1.82, 2.24) is 0 Å². The molecule has 1 N–H and O–H groups in total. The van der Waals surface area contributed by atoms with E-state index in [2.05, 4.69) is 0 Å². The van der Waals surface area contributed by atoms with Crippen LogP contribution in [0.1, 0.15) is 26.2 Å². The third-order valence-electron chi connectivity index (χ3n) is 1.04. The Balaban J connectivity index is 2.92. The molecule has 0 aliphatic carbocycles. The second kappa shape index (κ2) is 5.04. The maximum Gasteiger partial charge on any atom is 0.102 e. The van der Waals surface area contributed by atoms with Gasteiger partial charge in [-0.3, -0.25) is 0 Å². The molecule has 8 heavy (non-hydrogen) atoms. The fraction of sp³-hybridized carbons (Fsp3) is 1.00. The molecule has 0 spiro atoms. The van der Waals surface area contributed by atoms with Gasteiger partial charge in [-0.25, -0.2) is 4.39 Å². The summed E-state index contributed by atoms with van der Waals surface area (Å²) >= 11 is 0. The van der Waals surface area contributed by atoms with Gasteiger partial charge in [-0.15, -0.1) is 0 Å². The van der Waals surface area contributed by atoms with Crippen LogP contribution >= 0.6 is 0 Å². The number of aliphatic hydroxyl groups is 1. The van der Waals surface area contributed by atoms with Gasteiger partial charge in [0, 0.05) is 13.0 Å². The summed E-state index contributed by atoms with van der Waals surface area (Å²) < 4.78 is 12.2. The SMILES string of the molecule is CCCC(F)CCO. The molecular weight excluding hydrogens is 107 g/mol. The number of alkyl halides is 1. The predicted octanol–water partition coefficient (Wildman–Crippen LogP) is 1.51. The molecule has 0 saturated carbocycles. The third-order valence-corrected chi connectivity index (χ3v) is 1.04. The Morgan fingerprint density at radius 3 is 2.50 bits per heavy atom. The van der Waals surface area contributed by atoms with Crippen molar-refractivity contribution in [2.45, 2.75) is 32.4 Å². The van der Waals surface area contributed by atoms with Crippen molar-refractivity contribution in [2.75, 3.05) is 6.61 Å². The van der Waals surface area contributed by atoms with Crippen LogP contribution in [-0.2, 0) is 0 Å². The van der Waals surface area contributed by atoms with Gasteiger partial charge in [0.25, 0.3) is 0 Å². The number of aliphatic hydroxyl groups excluding tert-OH is 1. The average Bonchev–Trinajstić information content (AvgIpc) is 1.68. The maximum atomic E-state index is 12.2. The Hall–Kier alpha value is -0.110. The summed E-state index contributed by atoms with van der Waals surface area (Å²) in [5, 5.41) is 8.22. The molecule has 0 aromatic carbocycles. The molecule has 1 atom stereocenters. The highest BCUT2D eigenvalue weighted by molar-refractivity contribution is 4.52. The Bertz CT molecular complexity index is 41.8. The van der Waals surface area contributed by atoms with E-state index in [9.17, 15) is 4.39 Å². The third kappa shape index (κ3) is 4.06. The monoisotopic (exact) mass is 120 g/mol. The molecule has 2 heteroatoms. The minimum Gasteiger partial charge on any atom is -0.396 e. The summed E-state index contributed by atoms with van der Waals surface area (Å²) in [6.45, 7) is 1.91. The van der Waals surface area contributed by atoms with Gasteiger partial charge in [-0.1, -0.05) is 13.3 Å². The summed E-state index contributed by atoms with van der Waals surface area (Å²) in [5.74, 6) is 0. The molecular formula is C6H13FO. The van der Waals surface area contributed by atoms with Gasteiger partial charge in [0.2, 0.25) is 0 Å². The number of halogens is 1. The van der Waals surface area contributed by atoms with Gasteiger partial charge in [0.05, 0.1) is 0 Å². The molecule has 1 unspecified atom stereocenters. The van der Waals surface area contributed by atoms with Gasteiger partial charge in [-0.05, 0) is 6.42 Å². The van der Waals surface area contributed by atoms with Crippen molar-refractivity contribution in [1.29, 1.82) is 0 Å². The lowest BCUT2D eigenvalue weighted by Gasteiger charge is -2.01. The molecule has 1 nitrogen and oxygen atoms in total. The number of hydrogen-bond donors (Lipinski definition) is 1. The van der Waals surface area contributed by atoms with E-state index < -0.39 is 6.17 Å². The molecule has 0 aliphatic rings. The summed E-state index contributed by atoms with van der Waals surface area (Å²) in [4.78, 5) is 0. The lowest BCUT2D eigenvalue weighted by Crippen LogP contribution is -2.01. The molecule has 0 heterocycles. The van der Waals surface area contributed by atoms with Crippen molar-refractivity contribution in [3.8, 4) is 0 Å². The van der Waals surface area contributed by atoms with Gasteiger partial charge in [-0.2, -0.15) is 0 Å². The zero-order valence-corrected chi connectivity index (χ0v) is 5.23. The van der Waals surface area contributed by atoms with Crippen LogP contribution in [0.4, 0.5) is 4.39 Å². The van der Waals surface area contributed by atoms with Gasteiger partial charge in [0.15, 0.2) is 0 Å². The first-order valence-electron chi connectivity index (χ1n) is 3.06. The first-order chi connectivity index (χ1) is 3.81. The van der Waals surface area contributed by atoms with Crippen molar-refractivity contribution in [3.05, 3.63) is 0 Å². The Morgan fingerprint density at radius 1 is 1.50 bits per heavy atom. The largest absolute Gasteiger partial charge is 0.396 e. The molecule has 0 aromatic heterocycles. The van der Waals surface area contributed by atoms with Gasteiger partial charge >= 0.3 is 0 Å². The van der Waals surface area contributed by atoms with E-state index in [0.717, 1.165) is 6.42 Å². The average molecular weight is 120 g/mol. The molecule has 0 radical (unpaired) electrons. The van der Waals surface area contributed by atoms with Crippen LogP contribution in [0, 0.1) is 0 Å². The highest BCUT2D eigenvalue weighted by Gasteiger charge is 2.01. The second-order valence-corrected chi connectivity index (χ2v) is 1.90. The standard InChI is InChI=1S/C6H13FO/c1-2-3-6(7)4-5-8/h6,8H,2-5H2,1H3. The first-order valence-corrected chi connectivity index (χ1v) is 3.06. The fourth-order valence-electron chi connectivity index (χ4n) is 0.598. The van der Waals surface area contributed by atoms with Gasteiger partial charge < -0.3 is 5.11 Å². The summed E-state index contributed by atoms with van der Waals surface area (Å²) in [5.41, 5.74) is 0. The van der Waals surface area contributed by atoms with Crippen LogP contribution in [0.5, 0.6) is 0 Å². The van der Waals surface area contributed by atoms with Crippen molar-refractivity contribution in [3.63, 3.8) is 0 Å². The molecule has 0 aromatic rings. The highest BCUT2D eigenvalue weighted by atomic mass is 19.1. The lowest BCUT2D eigenvalue weighted by atomic mass is 10.2. The second-order valence-electron chi connectivity index (χ2n) is 1.90. The van der Waals surface area contributed by atoms with Crippen LogP contribution in [0.3, 0.4) is 0 Å². The Morgan fingerprint density at radius 2 is 2.12 bits per heavy atom. The fourth-order valence-corrected chi connectivity index (χ4v) is 0.598. The Labute approximate surface area is 49.5 Å². The van der Waals surface area contributed by atoms with E-state index in [1.165, 1.54) is 0 Å². The quantitative estimate of drug-likeness (QED) is 0.596. The first kappa shape index (κ1) is 7.89. The van der Waals surface area contributed by atoms with E-state index in [0.29, 0.717) is 12.8 Å². The van der Waals surface area contributed by atoms with E-state index in [-0.39, 0.29) is 6.61 Å². The molecule has 0 aliphatic heterocycles. The van der Waals surface area contributed by atoms with E-state index in [1.807, 2.05) is 6.92 Å². The number of rotatable bonds is 4. The Kier molecular flexibility index (Phi) is 4.97. The summed E-state index contributed by atoms with van der Waals surface area (Å²) in [6.07, 6.45) is 0.959. The molecule has 0 amide bonds. The molecule has 0 fully saturated rings. The summed E-state index contributed by atoms with van der Waals surface area (Å²) in [7, 11) is 0. The molecule has 0 saturated heterocycles. The zero-order valence-electron chi connectivity index (χ0n) is 5.23. The van der Waals surface area contributed by atoms with Crippen LogP contribution in [-0.4, -0.2) is 17.9 Å². The van der Waals surface area contributed by atoms with Crippen LogP contribution < -0.4 is 0 Å². The van der Waals surface area contributed by atoms with Crippen LogP contribution in [0.25, 0.3) is 0 Å². The lowest BCUT2D eigenvalue weighted by molar-refractivity contribution is 0.212. The van der Waals surface area contributed by atoms with Crippen molar-refractivity contribution >= 4 is 0 Å². The summed E-state index contributed by atoms with van der Waals surface area (Å²) in [6, 6.07) is 0. The highest BCUT2D eigenvalue weighted by Crippen LogP contribution is 2.04. The zero-order chi connectivity index (χ0) is 6.41. The molecule has 0 rings (SSSR count). The van der Waals surface area contributed by atoms with E-state index >= 15 is 0 Å². The topological polar surface area (TPSA) is 20.2 Å². The normalized spacial score (nSPS) is 13.9. The van der Waals surface area contributed by atoms with E-state index in [4.69, 9.17) is 5.11 Å². The minimum atomic E-state index is -0.787. The number of hydrogen-bond acceptors (Lipinski definition) is 1. The van der Waals surface area contributed by atoms with Gasteiger partial charge in [0.1, 0.15) is 6.17 Å². The molecule has 50 valence electrons. The smallest absolute Gasteiger partial charge is 0.102 e. The van der Waals surface area contributed by atoms with Crippen molar-refractivity contribution < 1.29 is 9.50 Å². The van der Waals surface area contributed by atoms with Crippen LogP contribution in [0.15, 0.2) is 0 Å².